The van der Waals surface area contributed by atoms with Crippen molar-refractivity contribution in [3.8, 4) is 0 Å². The van der Waals surface area contributed by atoms with Gasteiger partial charge in [-0.25, -0.2) is 4.98 Å². The number of hydrogen-bond acceptors (Lipinski definition) is 3. The van der Waals surface area contributed by atoms with Crippen molar-refractivity contribution in [2.24, 2.45) is 5.92 Å². The minimum absolute atomic E-state index is 0.734. The third-order valence-corrected chi connectivity index (χ3v) is 3.08. The molecule has 2 N–H and O–H groups in total. The smallest absolute Gasteiger partial charge is 0.128 e. The molecule has 0 bridgehead atoms. The van der Waals surface area contributed by atoms with E-state index in [0.717, 1.165) is 30.5 Å². The molecule has 1 radical (unpaired) electrons. The van der Waals surface area contributed by atoms with Gasteiger partial charge in [-0.2, -0.15) is 0 Å². The Morgan fingerprint density at radius 3 is 2.94 bits per heavy atom. The zero-order valence-corrected chi connectivity index (χ0v) is 10.1. The van der Waals surface area contributed by atoms with E-state index in [-0.39, 0.29) is 0 Å². The van der Waals surface area contributed by atoms with Crippen molar-refractivity contribution in [1.29, 1.82) is 0 Å². The highest BCUT2D eigenvalue weighted by molar-refractivity contribution is 5.46. The fourth-order valence-electron chi connectivity index (χ4n) is 2.37. The zero-order chi connectivity index (χ0) is 11.5. The highest BCUT2D eigenvalue weighted by atomic mass is 15.2. The van der Waals surface area contributed by atoms with Crippen LogP contribution >= 0.6 is 0 Å². The van der Waals surface area contributed by atoms with Crippen LogP contribution in [-0.2, 0) is 0 Å². The Morgan fingerprint density at radius 1 is 1.50 bits per heavy atom. The molecule has 1 aromatic rings. The Hall–Kier alpha value is -1.25. The lowest BCUT2D eigenvalue weighted by Gasteiger charge is -2.18. The number of nitrogens with two attached hydrogens (primary N) is 1. The molecule has 1 aliphatic heterocycles. The topological polar surface area (TPSA) is 42.1 Å². The van der Waals surface area contributed by atoms with Crippen molar-refractivity contribution in [2.75, 3.05) is 23.7 Å². The molecule has 2 rings (SSSR count). The average molecular weight is 218 g/mol. The Kier molecular flexibility index (Phi) is 3.32. The predicted molar refractivity (Wildman–Crippen MR) is 68.2 cm³/mol. The fourth-order valence-corrected chi connectivity index (χ4v) is 2.37. The van der Waals surface area contributed by atoms with Crippen LogP contribution in [0.25, 0.3) is 0 Å². The van der Waals surface area contributed by atoms with Gasteiger partial charge in [0.05, 0.1) is 11.9 Å². The number of anilines is 2. The first kappa shape index (κ1) is 11.2. The second-order valence-corrected chi connectivity index (χ2v) is 4.96. The van der Waals surface area contributed by atoms with Gasteiger partial charge in [0.2, 0.25) is 0 Å². The standard InChI is InChI=1S/C13H20N3/c1-10(2)7-11-5-6-16(9-11)13-4-3-12(14)8-15-13/h3-4,8,11H,5-7,9,14H2,1-2H3/t11-/m0/s1. The second-order valence-electron chi connectivity index (χ2n) is 4.96. The third-order valence-electron chi connectivity index (χ3n) is 3.08. The summed E-state index contributed by atoms with van der Waals surface area (Å²) in [5.41, 5.74) is 6.37. The van der Waals surface area contributed by atoms with Gasteiger partial charge in [0.25, 0.3) is 0 Å². The molecule has 1 fully saturated rings. The third kappa shape index (κ3) is 2.65. The quantitative estimate of drug-likeness (QED) is 0.847. The summed E-state index contributed by atoms with van der Waals surface area (Å²) in [6, 6.07) is 3.94. The molecule has 0 aromatic carbocycles. The van der Waals surface area contributed by atoms with Crippen molar-refractivity contribution in [2.45, 2.75) is 26.7 Å². The van der Waals surface area contributed by atoms with Crippen molar-refractivity contribution in [3.63, 3.8) is 0 Å². The van der Waals surface area contributed by atoms with Crippen LogP contribution in [0.15, 0.2) is 18.3 Å². The number of rotatable bonds is 3. The van der Waals surface area contributed by atoms with Crippen molar-refractivity contribution >= 4 is 11.5 Å². The van der Waals surface area contributed by atoms with Gasteiger partial charge in [-0.05, 0) is 36.8 Å². The van der Waals surface area contributed by atoms with E-state index >= 15 is 0 Å². The first-order valence-electron chi connectivity index (χ1n) is 5.90. The Labute approximate surface area is 97.7 Å². The lowest BCUT2D eigenvalue weighted by atomic mass is 9.97. The van der Waals surface area contributed by atoms with Gasteiger partial charge in [-0.15, -0.1) is 0 Å². The molecule has 0 amide bonds. The van der Waals surface area contributed by atoms with Gasteiger partial charge in [0.1, 0.15) is 5.82 Å². The van der Waals surface area contributed by atoms with Crippen molar-refractivity contribution in [1.82, 2.24) is 4.98 Å². The minimum Gasteiger partial charge on any atom is -0.397 e. The number of hydrogen-bond donors (Lipinski definition) is 1. The number of pyridine rings is 1. The number of aromatic nitrogens is 1. The van der Waals surface area contributed by atoms with E-state index in [2.05, 4.69) is 23.7 Å². The first-order valence-corrected chi connectivity index (χ1v) is 5.90. The average Bonchev–Trinajstić information content (AvgIpc) is 2.66. The van der Waals surface area contributed by atoms with Crippen LogP contribution in [0.3, 0.4) is 0 Å². The van der Waals surface area contributed by atoms with Gasteiger partial charge < -0.3 is 10.6 Å². The molecule has 0 aliphatic carbocycles. The predicted octanol–water partition coefficient (Wildman–Crippen LogP) is 2.49. The molecule has 1 saturated heterocycles. The highest BCUT2D eigenvalue weighted by Gasteiger charge is 2.23. The lowest BCUT2D eigenvalue weighted by molar-refractivity contribution is 0.550. The van der Waals surface area contributed by atoms with Crippen LogP contribution in [0.1, 0.15) is 26.7 Å². The van der Waals surface area contributed by atoms with E-state index in [1.54, 1.807) is 6.20 Å². The summed E-state index contributed by atoms with van der Waals surface area (Å²) in [5.74, 6) is 3.38. The van der Waals surface area contributed by atoms with E-state index < -0.39 is 0 Å². The summed E-state index contributed by atoms with van der Waals surface area (Å²) >= 11 is 0. The van der Waals surface area contributed by atoms with E-state index in [4.69, 9.17) is 5.73 Å². The van der Waals surface area contributed by atoms with Crippen molar-refractivity contribution in [3.05, 3.63) is 24.2 Å². The highest BCUT2D eigenvalue weighted by Crippen LogP contribution is 2.27. The summed E-state index contributed by atoms with van der Waals surface area (Å²) < 4.78 is 0. The van der Waals surface area contributed by atoms with Crippen LogP contribution in [-0.4, -0.2) is 18.1 Å². The number of nitrogens with zero attached hydrogens (tertiary/aromatic N) is 2. The molecule has 0 spiro atoms. The maximum absolute atomic E-state index is 5.63. The van der Waals surface area contributed by atoms with Gasteiger partial charge in [0.15, 0.2) is 0 Å². The summed E-state index contributed by atoms with van der Waals surface area (Å²) in [5, 5.41) is 0. The molecular formula is C13H20N3. The van der Waals surface area contributed by atoms with Crippen LogP contribution in [0.4, 0.5) is 11.5 Å². The minimum atomic E-state index is 0.734. The van der Waals surface area contributed by atoms with Gasteiger partial charge in [0, 0.05) is 13.1 Å². The van der Waals surface area contributed by atoms with Crippen LogP contribution in [0.5, 0.6) is 0 Å². The molecule has 1 aliphatic rings. The Bertz CT molecular complexity index is 332. The zero-order valence-electron chi connectivity index (χ0n) is 10.1. The Balaban J connectivity index is 1.95. The normalized spacial score (nSPS) is 20.7. The molecule has 3 nitrogen and oxygen atoms in total. The lowest BCUT2D eigenvalue weighted by Crippen LogP contribution is -2.21. The van der Waals surface area contributed by atoms with Gasteiger partial charge in [-0.1, -0.05) is 13.8 Å². The Morgan fingerprint density at radius 2 is 2.31 bits per heavy atom. The second kappa shape index (κ2) is 4.73. The van der Waals surface area contributed by atoms with Crippen LogP contribution < -0.4 is 10.6 Å². The summed E-state index contributed by atoms with van der Waals surface area (Å²) in [6.45, 7) is 6.67. The summed E-state index contributed by atoms with van der Waals surface area (Å²) in [4.78, 5) is 6.72. The molecule has 3 heteroatoms. The molecule has 16 heavy (non-hydrogen) atoms. The monoisotopic (exact) mass is 218 g/mol. The van der Waals surface area contributed by atoms with E-state index in [1.807, 2.05) is 12.1 Å². The maximum Gasteiger partial charge on any atom is 0.128 e. The van der Waals surface area contributed by atoms with Gasteiger partial charge >= 0.3 is 0 Å². The SMILES string of the molecule is C[C](C)C[C@@H]1CCN(c2ccc(N)cn2)C1. The summed E-state index contributed by atoms with van der Waals surface area (Å²) in [6.07, 6.45) is 4.25. The fraction of sp³-hybridized carbons (Fsp3) is 0.538. The molecular weight excluding hydrogens is 198 g/mol. The van der Waals surface area contributed by atoms with Crippen molar-refractivity contribution < 1.29 is 0 Å². The largest absolute Gasteiger partial charge is 0.397 e. The van der Waals surface area contributed by atoms with Crippen LogP contribution in [0.2, 0.25) is 0 Å². The molecule has 87 valence electrons. The molecule has 1 atom stereocenters. The summed E-state index contributed by atoms with van der Waals surface area (Å²) in [7, 11) is 0. The molecule has 1 aromatic heterocycles. The van der Waals surface area contributed by atoms with Gasteiger partial charge in [-0.3, -0.25) is 0 Å². The molecule has 0 saturated carbocycles. The number of nitrogen functional groups attached to an aromatic ring is 1. The van der Waals surface area contributed by atoms with E-state index in [1.165, 1.54) is 18.8 Å². The first-order chi connectivity index (χ1) is 7.65. The molecule has 0 unspecified atom stereocenters. The van der Waals surface area contributed by atoms with E-state index in [9.17, 15) is 0 Å². The molecule has 2 heterocycles. The maximum atomic E-state index is 5.63. The van der Waals surface area contributed by atoms with E-state index in [0.29, 0.717) is 0 Å². The van der Waals surface area contributed by atoms with Crippen LogP contribution in [0, 0.1) is 11.8 Å².